The van der Waals surface area contributed by atoms with Gasteiger partial charge in [0.25, 0.3) is 0 Å². The average molecular weight is 333 g/mol. The lowest BCUT2D eigenvalue weighted by molar-refractivity contribution is 0.00942. The Bertz CT molecular complexity index is 305. The van der Waals surface area contributed by atoms with Crippen molar-refractivity contribution in [2.24, 2.45) is 17.3 Å². The van der Waals surface area contributed by atoms with Crippen molar-refractivity contribution >= 4 is 0 Å². The van der Waals surface area contributed by atoms with Crippen molar-refractivity contribution in [1.29, 1.82) is 0 Å². The zero-order chi connectivity index (χ0) is 16.5. The Balaban J connectivity index is 1.79. The molecule has 140 valence electrons. The summed E-state index contributed by atoms with van der Waals surface area (Å²) in [6.45, 7) is 0. The first-order chi connectivity index (χ1) is 11.9. The molecule has 0 heteroatoms. The first-order valence-electron chi connectivity index (χ1n) is 11.9. The van der Waals surface area contributed by atoms with Crippen LogP contribution in [0.2, 0.25) is 0 Å². The SMILES string of the molecule is C1CCCCC(C2(C3CCCCC3)CCCCCCCC2)CCC1. The molecule has 0 aliphatic heterocycles. The van der Waals surface area contributed by atoms with Crippen molar-refractivity contribution in [3.05, 3.63) is 0 Å². The quantitative estimate of drug-likeness (QED) is 0.476. The highest BCUT2D eigenvalue weighted by Gasteiger charge is 2.43. The lowest BCUT2D eigenvalue weighted by atomic mass is 9.56. The van der Waals surface area contributed by atoms with Crippen LogP contribution in [0.5, 0.6) is 0 Å². The van der Waals surface area contributed by atoms with E-state index in [4.69, 9.17) is 0 Å². The first-order valence-corrected chi connectivity index (χ1v) is 11.9. The lowest BCUT2D eigenvalue weighted by Gasteiger charge is -2.49. The minimum atomic E-state index is 0.759. The first kappa shape index (κ1) is 18.8. The van der Waals surface area contributed by atoms with Gasteiger partial charge in [-0.3, -0.25) is 0 Å². The monoisotopic (exact) mass is 332 g/mol. The molecule has 0 heterocycles. The molecule has 24 heavy (non-hydrogen) atoms. The molecule has 0 aromatic rings. The predicted octanol–water partition coefficient (Wildman–Crippen LogP) is 8.44. The van der Waals surface area contributed by atoms with Crippen LogP contribution in [0.4, 0.5) is 0 Å². The van der Waals surface area contributed by atoms with Gasteiger partial charge in [0.05, 0.1) is 0 Å². The smallest absolute Gasteiger partial charge is 0.0241 e. The van der Waals surface area contributed by atoms with E-state index in [9.17, 15) is 0 Å². The highest BCUT2D eigenvalue weighted by molar-refractivity contribution is 4.94. The molecule has 0 unspecified atom stereocenters. The van der Waals surface area contributed by atoms with E-state index in [1.807, 2.05) is 0 Å². The van der Waals surface area contributed by atoms with E-state index in [0.717, 1.165) is 17.3 Å². The summed E-state index contributed by atoms with van der Waals surface area (Å²) in [5.41, 5.74) is 0.759. The van der Waals surface area contributed by atoms with Gasteiger partial charge in [-0.05, 0) is 55.8 Å². The number of hydrogen-bond acceptors (Lipinski definition) is 0. The fraction of sp³-hybridized carbons (Fsp3) is 1.00. The van der Waals surface area contributed by atoms with Gasteiger partial charge >= 0.3 is 0 Å². The molecule has 0 amide bonds. The van der Waals surface area contributed by atoms with Crippen LogP contribution in [-0.2, 0) is 0 Å². The van der Waals surface area contributed by atoms with E-state index in [1.54, 1.807) is 77.0 Å². The van der Waals surface area contributed by atoms with Crippen molar-refractivity contribution in [1.82, 2.24) is 0 Å². The standard InChI is InChI=1S/C24H44/c1-2-6-11-17-22(16-10-5-1)24(23-18-12-9-13-19-23)20-14-7-3-4-8-15-21-24/h22-23H,1-21H2. The second-order valence-electron chi connectivity index (χ2n) is 9.59. The molecule has 0 aromatic carbocycles. The lowest BCUT2D eigenvalue weighted by Crippen LogP contribution is -2.39. The number of hydrogen-bond donors (Lipinski definition) is 0. The molecule has 3 saturated carbocycles. The van der Waals surface area contributed by atoms with Gasteiger partial charge in [0.2, 0.25) is 0 Å². The van der Waals surface area contributed by atoms with Crippen LogP contribution in [0.3, 0.4) is 0 Å². The molecular formula is C24H44. The molecule has 0 nitrogen and oxygen atoms in total. The third kappa shape index (κ3) is 5.01. The Hall–Kier alpha value is 0. The van der Waals surface area contributed by atoms with Crippen molar-refractivity contribution < 1.29 is 0 Å². The van der Waals surface area contributed by atoms with Gasteiger partial charge in [-0.25, -0.2) is 0 Å². The molecule has 3 aliphatic rings. The van der Waals surface area contributed by atoms with Crippen LogP contribution in [0, 0.1) is 17.3 Å². The maximum atomic E-state index is 1.60. The van der Waals surface area contributed by atoms with E-state index >= 15 is 0 Å². The zero-order valence-corrected chi connectivity index (χ0v) is 16.5. The molecule has 0 N–H and O–H groups in total. The fourth-order valence-corrected chi connectivity index (χ4v) is 6.78. The second-order valence-corrected chi connectivity index (χ2v) is 9.59. The average Bonchev–Trinajstić information content (AvgIpc) is 2.84. The van der Waals surface area contributed by atoms with Crippen LogP contribution >= 0.6 is 0 Å². The summed E-state index contributed by atoms with van der Waals surface area (Å²) in [7, 11) is 0. The molecule has 0 aromatic heterocycles. The summed E-state index contributed by atoms with van der Waals surface area (Å²) >= 11 is 0. The summed E-state index contributed by atoms with van der Waals surface area (Å²) < 4.78 is 0. The Morgan fingerprint density at radius 3 is 1.04 bits per heavy atom. The Morgan fingerprint density at radius 2 is 0.625 bits per heavy atom. The molecule has 0 radical (unpaired) electrons. The zero-order valence-electron chi connectivity index (χ0n) is 16.5. The molecule has 0 spiro atoms. The van der Waals surface area contributed by atoms with Gasteiger partial charge in [-0.15, -0.1) is 0 Å². The van der Waals surface area contributed by atoms with Gasteiger partial charge in [-0.2, -0.15) is 0 Å². The van der Waals surface area contributed by atoms with Gasteiger partial charge in [-0.1, -0.05) is 96.3 Å². The highest BCUT2D eigenvalue weighted by Crippen LogP contribution is 2.54. The number of rotatable bonds is 2. The van der Waals surface area contributed by atoms with E-state index in [-0.39, 0.29) is 0 Å². The third-order valence-corrected chi connectivity index (χ3v) is 8.12. The summed E-state index contributed by atoms with van der Waals surface area (Å²) in [5, 5.41) is 0. The van der Waals surface area contributed by atoms with Gasteiger partial charge in [0.15, 0.2) is 0 Å². The van der Waals surface area contributed by atoms with Crippen molar-refractivity contribution in [3.8, 4) is 0 Å². The van der Waals surface area contributed by atoms with Crippen molar-refractivity contribution in [2.75, 3.05) is 0 Å². The summed E-state index contributed by atoms with van der Waals surface area (Å²) in [6.07, 6.45) is 32.5. The van der Waals surface area contributed by atoms with E-state index in [2.05, 4.69) is 0 Å². The van der Waals surface area contributed by atoms with Crippen LogP contribution in [0.1, 0.15) is 135 Å². The Morgan fingerprint density at radius 1 is 0.333 bits per heavy atom. The minimum absolute atomic E-state index is 0.759. The van der Waals surface area contributed by atoms with Gasteiger partial charge in [0.1, 0.15) is 0 Å². The second kappa shape index (κ2) is 10.2. The summed E-state index contributed by atoms with van der Waals surface area (Å²) in [4.78, 5) is 0. The summed E-state index contributed by atoms with van der Waals surface area (Å²) in [6, 6.07) is 0. The normalized spacial score (nSPS) is 29.5. The molecule has 3 aliphatic carbocycles. The van der Waals surface area contributed by atoms with E-state index < -0.39 is 0 Å². The Kier molecular flexibility index (Phi) is 8.00. The molecule has 0 saturated heterocycles. The molecule has 0 atom stereocenters. The maximum absolute atomic E-state index is 1.60. The van der Waals surface area contributed by atoms with E-state index in [1.165, 1.54) is 57.8 Å². The van der Waals surface area contributed by atoms with Crippen LogP contribution in [0.25, 0.3) is 0 Å². The van der Waals surface area contributed by atoms with Gasteiger partial charge < -0.3 is 0 Å². The van der Waals surface area contributed by atoms with Crippen molar-refractivity contribution in [3.63, 3.8) is 0 Å². The fourth-order valence-electron chi connectivity index (χ4n) is 6.78. The van der Waals surface area contributed by atoms with Gasteiger partial charge in [0, 0.05) is 0 Å². The molecule has 0 bridgehead atoms. The maximum Gasteiger partial charge on any atom is -0.0241 e. The van der Waals surface area contributed by atoms with E-state index in [0.29, 0.717) is 0 Å². The van der Waals surface area contributed by atoms with Crippen LogP contribution in [-0.4, -0.2) is 0 Å². The third-order valence-electron chi connectivity index (χ3n) is 8.12. The highest BCUT2D eigenvalue weighted by atomic mass is 14.5. The topological polar surface area (TPSA) is 0 Å². The van der Waals surface area contributed by atoms with Crippen LogP contribution in [0.15, 0.2) is 0 Å². The minimum Gasteiger partial charge on any atom is -0.0533 e. The van der Waals surface area contributed by atoms with Crippen molar-refractivity contribution in [2.45, 2.75) is 135 Å². The molecular weight excluding hydrogens is 288 g/mol. The Labute approximate surface area is 152 Å². The largest absolute Gasteiger partial charge is 0.0533 e. The molecule has 3 fully saturated rings. The summed E-state index contributed by atoms with van der Waals surface area (Å²) in [5.74, 6) is 2.17. The molecule has 3 rings (SSSR count). The van der Waals surface area contributed by atoms with Crippen LogP contribution < -0.4 is 0 Å². The predicted molar refractivity (Wildman–Crippen MR) is 106 cm³/mol.